The summed E-state index contributed by atoms with van der Waals surface area (Å²) >= 11 is 0. The first-order chi connectivity index (χ1) is 9.27. The minimum atomic E-state index is -1.06. The highest BCUT2D eigenvalue weighted by atomic mass is 16.4. The van der Waals surface area contributed by atoms with Gasteiger partial charge in [-0.15, -0.1) is 0 Å². The largest absolute Gasteiger partial charge is 0.477 e. The number of carboxylic acids is 1. The van der Waals surface area contributed by atoms with Crippen molar-refractivity contribution in [2.45, 2.75) is 38.8 Å². The number of pyridine rings is 1. The standard InChI is InChI=1S/C14H19N3O3/c1-14(2,3)17-8-9(7-12(17)18)15-11-6-4-5-10(16-11)13(19)20/h4-6,9H,7-8H2,1-3H3,(H,15,16)(H,19,20). The van der Waals surface area contributed by atoms with Crippen LogP contribution in [-0.4, -0.2) is 45.0 Å². The highest BCUT2D eigenvalue weighted by Gasteiger charge is 2.36. The van der Waals surface area contributed by atoms with Crippen molar-refractivity contribution in [3.63, 3.8) is 0 Å². The van der Waals surface area contributed by atoms with Gasteiger partial charge in [0.1, 0.15) is 5.82 Å². The number of carbonyl (C=O) groups excluding carboxylic acids is 1. The Bertz CT molecular complexity index is 537. The van der Waals surface area contributed by atoms with Gasteiger partial charge in [0, 0.05) is 18.5 Å². The van der Waals surface area contributed by atoms with E-state index in [0.717, 1.165) is 0 Å². The summed E-state index contributed by atoms with van der Waals surface area (Å²) in [6.07, 6.45) is 0.399. The Labute approximate surface area is 117 Å². The molecule has 1 fully saturated rings. The lowest BCUT2D eigenvalue weighted by Crippen LogP contribution is -2.43. The number of carboxylic acid groups (broad SMARTS) is 1. The molecule has 1 aliphatic heterocycles. The van der Waals surface area contributed by atoms with Crippen LogP contribution in [0.5, 0.6) is 0 Å². The normalized spacial score (nSPS) is 19.2. The SMILES string of the molecule is CC(C)(C)N1CC(Nc2cccc(C(=O)O)n2)CC1=O. The summed E-state index contributed by atoms with van der Waals surface area (Å²) in [5.41, 5.74) is -0.212. The summed E-state index contributed by atoms with van der Waals surface area (Å²) in [6, 6.07) is 4.74. The average molecular weight is 277 g/mol. The number of rotatable bonds is 3. The van der Waals surface area contributed by atoms with Crippen molar-refractivity contribution in [2.24, 2.45) is 0 Å². The van der Waals surface area contributed by atoms with Gasteiger partial charge < -0.3 is 15.3 Å². The zero-order valence-electron chi connectivity index (χ0n) is 11.9. The van der Waals surface area contributed by atoms with Crippen molar-refractivity contribution in [2.75, 3.05) is 11.9 Å². The third kappa shape index (κ3) is 3.07. The van der Waals surface area contributed by atoms with Crippen molar-refractivity contribution in [3.05, 3.63) is 23.9 Å². The van der Waals surface area contributed by atoms with E-state index in [-0.39, 0.29) is 23.2 Å². The van der Waals surface area contributed by atoms with Crippen LogP contribution in [0.25, 0.3) is 0 Å². The van der Waals surface area contributed by atoms with Crippen molar-refractivity contribution in [3.8, 4) is 0 Å². The van der Waals surface area contributed by atoms with E-state index in [2.05, 4.69) is 10.3 Å². The first kappa shape index (κ1) is 14.3. The van der Waals surface area contributed by atoms with Crippen LogP contribution in [0, 0.1) is 0 Å². The van der Waals surface area contributed by atoms with E-state index in [1.807, 2.05) is 25.7 Å². The van der Waals surface area contributed by atoms with Gasteiger partial charge in [-0.2, -0.15) is 0 Å². The Morgan fingerprint density at radius 3 is 2.70 bits per heavy atom. The molecule has 1 saturated heterocycles. The Balaban J connectivity index is 2.07. The van der Waals surface area contributed by atoms with Crippen LogP contribution in [0.3, 0.4) is 0 Å². The number of nitrogens with one attached hydrogen (secondary N) is 1. The lowest BCUT2D eigenvalue weighted by atomic mass is 10.1. The maximum absolute atomic E-state index is 12.0. The molecule has 1 aromatic rings. The van der Waals surface area contributed by atoms with E-state index < -0.39 is 5.97 Å². The summed E-state index contributed by atoms with van der Waals surface area (Å²) in [7, 11) is 0. The third-order valence-electron chi connectivity index (χ3n) is 3.26. The second-order valence-corrected chi connectivity index (χ2v) is 5.93. The van der Waals surface area contributed by atoms with E-state index >= 15 is 0 Å². The van der Waals surface area contributed by atoms with Crippen molar-refractivity contribution >= 4 is 17.7 Å². The molecule has 1 aromatic heterocycles. The molecule has 1 atom stereocenters. The second kappa shape index (κ2) is 5.11. The van der Waals surface area contributed by atoms with Crippen molar-refractivity contribution in [1.29, 1.82) is 0 Å². The van der Waals surface area contributed by atoms with Gasteiger partial charge in [0.2, 0.25) is 5.91 Å². The number of amides is 1. The highest BCUT2D eigenvalue weighted by Crippen LogP contribution is 2.23. The number of carbonyl (C=O) groups is 2. The third-order valence-corrected chi connectivity index (χ3v) is 3.26. The van der Waals surface area contributed by atoms with Crippen LogP contribution in [0.2, 0.25) is 0 Å². The van der Waals surface area contributed by atoms with Gasteiger partial charge in [-0.3, -0.25) is 4.79 Å². The van der Waals surface area contributed by atoms with Gasteiger partial charge >= 0.3 is 5.97 Å². The fourth-order valence-electron chi connectivity index (χ4n) is 2.30. The molecular formula is C14H19N3O3. The number of hydrogen-bond donors (Lipinski definition) is 2. The maximum Gasteiger partial charge on any atom is 0.354 e. The Kier molecular flexibility index (Phi) is 3.65. The predicted molar refractivity (Wildman–Crippen MR) is 74.7 cm³/mol. The molecule has 2 rings (SSSR count). The van der Waals surface area contributed by atoms with Crippen LogP contribution in [0.4, 0.5) is 5.82 Å². The molecule has 20 heavy (non-hydrogen) atoms. The van der Waals surface area contributed by atoms with Crippen LogP contribution >= 0.6 is 0 Å². The summed E-state index contributed by atoms with van der Waals surface area (Å²) in [6.45, 7) is 6.59. The van der Waals surface area contributed by atoms with Crippen molar-refractivity contribution < 1.29 is 14.7 Å². The van der Waals surface area contributed by atoms with E-state index in [1.54, 1.807) is 12.1 Å². The summed E-state index contributed by atoms with van der Waals surface area (Å²) in [5, 5.41) is 12.0. The minimum Gasteiger partial charge on any atom is -0.477 e. The lowest BCUT2D eigenvalue weighted by Gasteiger charge is -2.32. The number of hydrogen-bond acceptors (Lipinski definition) is 4. The molecule has 0 saturated carbocycles. The molecule has 1 amide bonds. The lowest BCUT2D eigenvalue weighted by molar-refractivity contribution is -0.131. The fraction of sp³-hybridized carbons (Fsp3) is 0.500. The van der Waals surface area contributed by atoms with Gasteiger partial charge in [-0.25, -0.2) is 9.78 Å². The van der Waals surface area contributed by atoms with E-state index in [0.29, 0.717) is 18.8 Å². The topological polar surface area (TPSA) is 82.5 Å². The van der Waals surface area contributed by atoms with Crippen molar-refractivity contribution in [1.82, 2.24) is 9.88 Å². The smallest absolute Gasteiger partial charge is 0.354 e. The maximum atomic E-state index is 12.0. The average Bonchev–Trinajstić information content (AvgIpc) is 2.70. The number of aromatic carboxylic acids is 1. The molecule has 0 aliphatic carbocycles. The van der Waals surface area contributed by atoms with Crippen LogP contribution in [0.1, 0.15) is 37.7 Å². The number of likely N-dealkylation sites (tertiary alicyclic amines) is 1. The zero-order valence-corrected chi connectivity index (χ0v) is 11.9. The molecule has 108 valence electrons. The Hall–Kier alpha value is -2.11. The predicted octanol–water partition coefficient (Wildman–Crippen LogP) is 1.59. The van der Waals surface area contributed by atoms with E-state index in [9.17, 15) is 9.59 Å². The molecular weight excluding hydrogens is 258 g/mol. The molecule has 2 heterocycles. The number of aromatic nitrogens is 1. The molecule has 0 radical (unpaired) electrons. The molecule has 6 heteroatoms. The molecule has 0 aromatic carbocycles. The number of anilines is 1. The fourth-order valence-corrected chi connectivity index (χ4v) is 2.30. The molecule has 0 spiro atoms. The minimum absolute atomic E-state index is 0.00741. The summed E-state index contributed by atoms with van der Waals surface area (Å²) in [4.78, 5) is 28.7. The second-order valence-electron chi connectivity index (χ2n) is 5.93. The molecule has 2 N–H and O–H groups in total. The van der Waals surface area contributed by atoms with Gasteiger partial charge in [0.05, 0.1) is 6.04 Å². The van der Waals surface area contributed by atoms with E-state index in [4.69, 9.17) is 5.11 Å². The quantitative estimate of drug-likeness (QED) is 0.876. The van der Waals surface area contributed by atoms with Crippen LogP contribution in [0.15, 0.2) is 18.2 Å². The first-order valence-corrected chi connectivity index (χ1v) is 6.55. The van der Waals surface area contributed by atoms with Gasteiger partial charge in [-0.1, -0.05) is 6.07 Å². The molecule has 0 bridgehead atoms. The zero-order chi connectivity index (χ0) is 14.9. The molecule has 1 aliphatic rings. The van der Waals surface area contributed by atoms with E-state index in [1.165, 1.54) is 6.07 Å². The van der Waals surface area contributed by atoms with Gasteiger partial charge in [0.25, 0.3) is 0 Å². The highest BCUT2D eigenvalue weighted by molar-refractivity contribution is 5.85. The monoisotopic (exact) mass is 277 g/mol. The first-order valence-electron chi connectivity index (χ1n) is 6.55. The molecule has 1 unspecified atom stereocenters. The van der Waals surface area contributed by atoms with Gasteiger partial charge in [-0.05, 0) is 32.9 Å². The Morgan fingerprint density at radius 1 is 1.45 bits per heavy atom. The Morgan fingerprint density at radius 2 is 2.15 bits per heavy atom. The van der Waals surface area contributed by atoms with Crippen LogP contribution in [-0.2, 0) is 4.79 Å². The summed E-state index contributed by atoms with van der Waals surface area (Å²) < 4.78 is 0. The summed E-state index contributed by atoms with van der Waals surface area (Å²) in [5.74, 6) is -0.477. The number of nitrogens with zero attached hydrogens (tertiary/aromatic N) is 2. The van der Waals surface area contributed by atoms with Crippen LogP contribution < -0.4 is 5.32 Å². The van der Waals surface area contributed by atoms with Gasteiger partial charge in [0.15, 0.2) is 5.69 Å². The molecule has 6 nitrogen and oxygen atoms in total.